The van der Waals surface area contributed by atoms with Crippen LogP contribution in [0.15, 0.2) is 36.4 Å². The molecular formula is C18H30N4O4. The smallest absolute Gasteiger partial charge is 0.269 e. The van der Waals surface area contributed by atoms with Crippen LogP contribution in [-0.2, 0) is 22.7 Å². The van der Waals surface area contributed by atoms with E-state index in [9.17, 15) is 10.1 Å². The van der Waals surface area contributed by atoms with Crippen molar-refractivity contribution in [2.24, 2.45) is 0 Å². The standard InChI is InChI=1S/C8H10N2O3.C8H12N2O.2CH4/c1-13-5-6-4-7(10(11)12)2-3-8(6)9;1-11-5-6-4-7(9)2-3-8(6)10;;/h2-4H,5,9H2,1H3;2-4H,5,9-10H2,1H3;2*1H4. The Morgan fingerprint density at radius 2 is 1.35 bits per heavy atom. The molecule has 0 aromatic heterocycles. The van der Waals surface area contributed by atoms with Gasteiger partial charge in [0.05, 0.1) is 18.1 Å². The van der Waals surface area contributed by atoms with E-state index in [1.54, 1.807) is 19.2 Å². The van der Waals surface area contributed by atoms with Gasteiger partial charge in [-0.25, -0.2) is 0 Å². The number of nitro benzene ring substituents is 1. The molecule has 2 aromatic rings. The molecule has 2 aromatic carbocycles. The first-order chi connectivity index (χ1) is 11.4. The van der Waals surface area contributed by atoms with Gasteiger partial charge in [-0.3, -0.25) is 10.1 Å². The summed E-state index contributed by atoms with van der Waals surface area (Å²) < 4.78 is 9.77. The van der Waals surface area contributed by atoms with Crippen LogP contribution in [0.1, 0.15) is 26.0 Å². The van der Waals surface area contributed by atoms with Gasteiger partial charge in [-0.05, 0) is 24.3 Å². The number of rotatable bonds is 5. The summed E-state index contributed by atoms with van der Waals surface area (Å²) in [5.41, 5.74) is 20.3. The van der Waals surface area contributed by atoms with Crippen molar-refractivity contribution in [1.82, 2.24) is 0 Å². The molecule has 26 heavy (non-hydrogen) atoms. The Morgan fingerprint density at radius 1 is 0.885 bits per heavy atom. The molecule has 0 radical (unpaired) electrons. The van der Waals surface area contributed by atoms with E-state index in [4.69, 9.17) is 26.7 Å². The van der Waals surface area contributed by atoms with Crippen molar-refractivity contribution >= 4 is 22.7 Å². The highest BCUT2D eigenvalue weighted by Gasteiger charge is 2.08. The number of ether oxygens (including phenoxy) is 2. The third-order valence-corrected chi connectivity index (χ3v) is 3.10. The lowest BCUT2D eigenvalue weighted by Gasteiger charge is -2.04. The summed E-state index contributed by atoms with van der Waals surface area (Å²) in [6.07, 6.45) is 0. The Kier molecular flexibility index (Phi) is 12.2. The van der Waals surface area contributed by atoms with Crippen LogP contribution >= 0.6 is 0 Å². The minimum Gasteiger partial charge on any atom is -0.399 e. The summed E-state index contributed by atoms with van der Waals surface area (Å²) in [4.78, 5) is 9.93. The van der Waals surface area contributed by atoms with E-state index < -0.39 is 4.92 Å². The highest BCUT2D eigenvalue weighted by Crippen LogP contribution is 2.20. The van der Waals surface area contributed by atoms with Crippen molar-refractivity contribution in [2.45, 2.75) is 28.1 Å². The van der Waals surface area contributed by atoms with Gasteiger partial charge >= 0.3 is 0 Å². The number of anilines is 3. The molecule has 0 spiro atoms. The molecule has 0 aliphatic heterocycles. The zero-order valence-electron chi connectivity index (χ0n) is 13.7. The van der Waals surface area contributed by atoms with E-state index in [2.05, 4.69) is 0 Å². The molecule has 146 valence electrons. The minimum absolute atomic E-state index is 0. The van der Waals surface area contributed by atoms with E-state index in [-0.39, 0.29) is 27.1 Å². The lowest BCUT2D eigenvalue weighted by Crippen LogP contribution is -1.97. The predicted octanol–water partition coefficient (Wildman–Crippen LogP) is 3.59. The fourth-order valence-electron chi connectivity index (χ4n) is 1.89. The van der Waals surface area contributed by atoms with Crippen LogP contribution in [0, 0.1) is 10.1 Å². The van der Waals surface area contributed by atoms with Crippen LogP contribution in [0.5, 0.6) is 0 Å². The van der Waals surface area contributed by atoms with Crippen LogP contribution in [0.25, 0.3) is 0 Å². The first-order valence-corrected chi connectivity index (χ1v) is 7.03. The van der Waals surface area contributed by atoms with Crippen LogP contribution in [0.4, 0.5) is 22.7 Å². The quantitative estimate of drug-likeness (QED) is 0.417. The first kappa shape index (κ1) is 25.4. The summed E-state index contributed by atoms with van der Waals surface area (Å²) in [7, 11) is 3.14. The third kappa shape index (κ3) is 7.82. The van der Waals surface area contributed by atoms with Crippen LogP contribution in [0.3, 0.4) is 0 Å². The number of nitrogen functional groups attached to an aromatic ring is 3. The minimum atomic E-state index is -0.460. The van der Waals surface area contributed by atoms with E-state index in [1.165, 1.54) is 25.3 Å². The maximum atomic E-state index is 10.4. The molecule has 0 atom stereocenters. The normalized spacial score (nSPS) is 9.15. The fraction of sp³-hybridized carbons (Fsp3) is 0.333. The van der Waals surface area contributed by atoms with Gasteiger partial charge in [0.25, 0.3) is 5.69 Å². The molecule has 0 fully saturated rings. The topological polar surface area (TPSA) is 140 Å². The van der Waals surface area contributed by atoms with Crippen molar-refractivity contribution in [3.05, 3.63) is 57.6 Å². The van der Waals surface area contributed by atoms with E-state index >= 15 is 0 Å². The fourth-order valence-corrected chi connectivity index (χ4v) is 1.89. The molecule has 0 saturated heterocycles. The Balaban J connectivity index is 0. The zero-order valence-corrected chi connectivity index (χ0v) is 13.7. The number of hydrogen-bond donors (Lipinski definition) is 3. The van der Waals surface area contributed by atoms with Crippen molar-refractivity contribution in [1.29, 1.82) is 0 Å². The lowest BCUT2D eigenvalue weighted by atomic mass is 10.2. The van der Waals surface area contributed by atoms with Gasteiger partial charge < -0.3 is 26.7 Å². The van der Waals surface area contributed by atoms with Gasteiger partial charge in [0.2, 0.25) is 0 Å². The Hall–Kier alpha value is -2.84. The summed E-state index contributed by atoms with van der Waals surface area (Å²) in [6, 6.07) is 9.66. The monoisotopic (exact) mass is 366 g/mol. The van der Waals surface area contributed by atoms with E-state index in [1.807, 2.05) is 6.07 Å². The Bertz CT molecular complexity index is 693. The number of hydrogen-bond acceptors (Lipinski definition) is 7. The third-order valence-electron chi connectivity index (χ3n) is 3.10. The lowest BCUT2D eigenvalue weighted by molar-refractivity contribution is -0.384. The van der Waals surface area contributed by atoms with Crippen molar-refractivity contribution in [3.8, 4) is 0 Å². The van der Waals surface area contributed by atoms with Gasteiger partial charge in [-0.1, -0.05) is 14.9 Å². The van der Waals surface area contributed by atoms with Crippen LogP contribution < -0.4 is 17.2 Å². The maximum absolute atomic E-state index is 10.4. The number of nitrogens with two attached hydrogens (primary N) is 3. The second kappa shape index (κ2) is 12.5. The number of non-ortho nitro benzene ring substituents is 1. The van der Waals surface area contributed by atoms with E-state index in [0.29, 0.717) is 23.5 Å². The molecule has 0 heterocycles. The Morgan fingerprint density at radius 3 is 1.81 bits per heavy atom. The molecular weight excluding hydrogens is 336 g/mol. The molecule has 0 aliphatic rings. The van der Waals surface area contributed by atoms with Gasteiger partial charge in [-0.2, -0.15) is 0 Å². The van der Waals surface area contributed by atoms with Gasteiger partial charge in [0, 0.05) is 54.5 Å². The number of nitrogens with zero attached hydrogens (tertiary/aromatic N) is 1. The van der Waals surface area contributed by atoms with E-state index in [0.717, 1.165) is 11.3 Å². The molecule has 0 saturated carbocycles. The van der Waals surface area contributed by atoms with Crippen molar-refractivity contribution in [2.75, 3.05) is 31.4 Å². The second-order valence-electron chi connectivity index (χ2n) is 4.96. The molecule has 8 heteroatoms. The molecule has 0 aliphatic carbocycles. The number of benzene rings is 2. The average Bonchev–Trinajstić information content (AvgIpc) is 2.54. The molecule has 0 amide bonds. The van der Waals surface area contributed by atoms with Gasteiger partial charge in [0.1, 0.15) is 0 Å². The molecule has 0 bridgehead atoms. The molecule has 8 nitrogen and oxygen atoms in total. The average molecular weight is 366 g/mol. The summed E-state index contributed by atoms with van der Waals surface area (Å²) in [5.74, 6) is 0. The molecule has 6 N–H and O–H groups in total. The van der Waals surface area contributed by atoms with Crippen LogP contribution in [-0.4, -0.2) is 19.1 Å². The zero-order chi connectivity index (χ0) is 18.1. The first-order valence-electron chi connectivity index (χ1n) is 7.03. The Labute approximate surface area is 155 Å². The number of nitro groups is 1. The summed E-state index contributed by atoms with van der Waals surface area (Å²) in [5, 5.41) is 10.4. The molecule has 0 unspecified atom stereocenters. The summed E-state index contributed by atoms with van der Waals surface area (Å²) >= 11 is 0. The highest BCUT2D eigenvalue weighted by atomic mass is 16.6. The predicted molar refractivity (Wildman–Crippen MR) is 108 cm³/mol. The molecule has 2 rings (SSSR count). The van der Waals surface area contributed by atoms with Gasteiger partial charge in [-0.15, -0.1) is 0 Å². The van der Waals surface area contributed by atoms with Crippen molar-refractivity contribution in [3.63, 3.8) is 0 Å². The summed E-state index contributed by atoms with van der Waals surface area (Å²) in [6.45, 7) is 0.796. The SMILES string of the molecule is C.C.COCc1cc(N)ccc1N.COCc1cc([N+](=O)[O-])ccc1N. The highest BCUT2D eigenvalue weighted by molar-refractivity contribution is 5.55. The van der Waals surface area contributed by atoms with Gasteiger partial charge in [0.15, 0.2) is 0 Å². The second-order valence-corrected chi connectivity index (χ2v) is 4.96. The van der Waals surface area contributed by atoms with Crippen molar-refractivity contribution < 1.29 is 14.4 Å². The van der Waals surface area contributed by atoms with Crippen LogP contribution in [0.2, 0.25) is 0 Å². The number of methoxy groups -OCH3 is 2. The maximum Gasteiger partial charge on any atom is 0.269 e. The largest absolute Gasteiger partial charge is 0.399 e.